The van der Waals surface area contributed by atoms with Crippen LogP contribution in [0, 0.1) is 0 Å². The molecule has 0 fully saturated rings. The van der Waals surface area contributed by atoms with Crippen LogP contribution in [0.5, 0.6) is 5.75 Å². The molecule has 0 amide bonds. The van der Waals surface area contributed by atoms with Crippen molar-refractivity contribution in [2.45, 2.75) is 6.92 Å². The second-order valence-corrected chi connectivity index (χ2v) is 5.41. The standard InChI is InChI=1S/C15H14Cl2N2OS/c1-2-20-12-6-4-11(5-7-12)18-15(21)19-14-9-10(16)3-8-13(14)17/h3-9H,2H2,1H3,(H2,18,19,21). The third-order valence-corrected chi connectivity index (χ3v) is 3.37. The summed E-state index contributed by atoms with van der Waals surface area (Å²) in [7, 11) is 0. The SMILES string of the molecule is CCOc1ccc(NC(=S)Nc2cc(Cl)ccc2Cl)cc1. The van der Waals surface area contributed by atoms with Gasteiger partial charge in [-0.15, -0.1) is 0 Å². The Morgan fingerprint density at radius 2 is 1.81 bits per heavy atom. The van der Waals surface area contributed by atoms with Gasteiger partial charge in [-0.25, -0.2) is 0 Å². The van der Waals surface area contributed by atoms with E-state index in [0.717, 1.165) is 11.4 Å². The van der Waals surface area contributed by atoms with E-state index in [1.165, 1.54) is 0 Å². The van der Waals surface area contributed by atoms with Crippen LogP contribution < -0.4 is 15.4 Å². The van der Waals surface area contributed by atoms with Gasteiger partial charge in [0, 0.05) is 10.7 Å². The Hall–Kier alpha value is -1.49. The van der Waals surface area contributed by atoms with E-state index in [2.05, 4.69) is 10.6 Å². The van der Waals surface area contributed by atoms with Gasteiger partial charge in [0.2, 0.25) is 0 Å². The van der Waals surface area contributed by atoms with Gasteiger partial charge in [-0.1, -0.05) is 23.2 Å². The summed E-state index contributed by atoms with van der Waals surface area (Å²) in [5.74, 6) is 0.819. The van der Waals surface area contributed by atoms with Crippen LogP contribution >= 0.6 is 35.4 Å². The molecule has 3 nitrogen and oxygen atoms in total. The van der Waals surface area contributed by atoms with Crippen LogP contribution in [0.15, 0.2) is 42.5 Å². The lowest BCUT2D eigenvalue weighted by Gasteiger charge is -2.12. The quantitative estimate of drug-likeness (QED) is 0.749. The van der Waals surface area contributed by atoms with Gasteiger partial charge in [0.1, 0.15) is 5.75 Å². The van der Waals surface area contributed by atoms with Crippen LogP contribution in [0.4, 0.5) is 11.4 Å². The molecule has 110 valence electrons. The number of hydrogen-bond donors (Lipinski definition) is 2. The van der Waals surface area contributed by atoms with Gasteiger partial charge in [-0.05, 0) is 61.6 Å². The van der Waals surface area contributed by atoms with Crippen molar-refractivity contribution in [2.75, 3.05) is 17.2 Å². The number of halogens is 2. The Balaban J connectivity index is 1.99. The van der Waals surface area contributed by atoms with Crippen LogP contribution in [0.25, 0.3) is 0 Å². The molecule has 0 aromatic heterocycles. The zero-order chi connectivity index (χ0) is 15.2. The van der Waals surface area contributed by atoms with E-state index < -0.39 is 0 Å². The molecular weight excluding hydrogens is 327 g/mol. The van der Waals surface area contributed by atoms with Crippen molar-refractivity contribution < 1.29 is 4.74 Å². The third-order valence-electron chi connectivity index (χ3n) is 2.60. The van der Waals surface area contributed by atoms with Gasteiger partial charge in [-0.3, -0.25) is 0 Å². The fraction of sp³-hybridized carbons (Fsp3) is 0.133. The van der Waals surface area contributed by atoms with Gasteiger partial charge in [0.05, 0.1) is 17.3 Å². The van der Waals surface area contributed by atoms with Gasteiger partial charge in [0.15, 0.2) is 5.11 Å². The smallest absolute Gasteiger partial charge is 0.175 e. The van der Waals surface area contributed by atoms with E-state index in [1.54, 1.807) is 18.2 Å². The summed E-state index contributed by atoms with van der Waals surface area (Å²) in [4.78, 5) is 0. The van der Waals surface area contributed by atoms with Gasteiger partial charge in [0.25, 0.3) is 0 Å². The first kappa shape index (κ1) is 15.9. The summed E-state index contributed by atoms with van der Waals surface area (Å²) in [6, 6.07) is 12.7. The fourth-order valence-electron chi connectivity index (χ4n) is 1.68. The molecule has 0 aliphatic carbocycles. The molecule has 6 heteroatoms. The summed E-state index contributed by atoms with van der Waals surface area (Å²) < 4.78 is 5.38. The Labute approximate surface area is 139 Å². The molecule has 2 aromatic rings. The van der Waals surface area contributed by atoms with Gasteiger partial charge >= 0.3 is 0 Å². The maximum atomic E-state index is 6.07. The summed E-state index contributed by atoms with van der Waals surface area (Å²) in [5, 5.41) is 7.65. The van der Waals surface area contributed by atoms with Crippen LogP contribution in [-0.2, 0) is 0 Å². The van der Waals surface area contributed by atoms with Crippen molar-refractivity contribution in [3.63, 3.8) is 0 Å². The van der Waals surface area contributed by atoms with Crippen LogP contribution in [0.1, 0.15) is 6.92 Å². The molecule has 0 saturated heterocycles. The monoisotopic (exact) mass is 340 g/mol. The molecule has 0 unspecified atom stereocenters. The lowest BCUT2D eigenvalue weighted by molar-refractivity contribution is 0.340. The Morgan fingerprint density at radius 3 is 2.48 bits per heavy atom. The Kier molecular flexibility index (Phi) is 5.67. The van der Waals surface area contributed by atoms with Crippen LogP contribution in [0.3, 0.4) is 0 Å². The number of anilines is 2. The summed E-state index contributed by atoms with van der Waals surface area (Å²) in [5.41, 5.74) is 1.52. The number of thiocarbonyl (C=S) groups is 1. The first-order valence-electron chi connectivity index (χ1n) is 6.34. The summed E-state index contributed by atoms with van der Waals surface area (Å²) in [6.45, 7) is 2.58. The maximum Gasteiger partial charge on any atom is 0.175 e. The topological polar surface area (TPSA) is 33.3 Å². The maximum absolute atomic E-state index is 6.07. The highest BCUT2D eigenvalue weighted by atomic mass is 35.5. The zero-order valence-corrected chi connectivity index (χ0v) is 13.6. The minimum Gasteiger partial charge on any atom is -0.494 e. The van der Waals surface area contributed by atoms with E-state index in [9.17, 15) is 0 Å². The molecule has 0 saturated carbocycles. The molecule has 0 aliphatic heterocycles. The lowest BCUT2D eigenvalue weighted by atomic mass is 10.3. The number of nitrogens with one attached hydrogen (secondary N) is 2. The van der Waals surface area contributed by atoms with Crippen LogP contribution in [0.2, 0.25) is 10.0 Å². The van der Waals surface area contributed by atoms with E-state index in [0.29, 0.717) is 27.5 Å². The van der Waals surface area contributed by atoms with E-state index in [1.807, 2.05) is 31.2 Å². The third kappa shape index (κ3) is 4.77. The second kappa shape index (κ2) is 7.50. The van der Waals surface area contributed by atoms with E-state index in [4.69, 9.17) is 40.2 Å². The molecule has 0 aliphatic rings. The summed E-state index contributed by atoms with van der Waals surface area (Å²) in [6.07, 6.45) is 0. The predicted molar refractivity (Wildman–Crippen MR) is 93.9 cm³/mol. The fourth-order valence-corrected chi connectivity index (χ4v) is 2.24. The highest BCUT2D eigenvalue weighted by Crippen LogP contribution is 2.25. The second-order valence-electron chi connectivity index (χ2n) is 4.16. The molecule has 0 radical (unpaired) electrons. The minimum atomic E-state index is 0.434. The predicted octanol–water partition coefficient (Wildman–Crippen LogP) is 5.20. The normalized spacial score (nSPS) is 10.0. The van der Waals surface area contributed by atoms with Gasteiger partial charge < -0.3 is 15.4 Å². The van der Waals surface area contributed by atoms with E-state index >= 15 is 0 Å². The number of hydrogen-bond acceptors (Lipinski definition) is 2. The Bertz CT molecular complexity index is 632. The van der Waals surface area contributed by atoms with Crippen molar-refractivity contribution in [2.24, 2.45) is 0 Å². The molecule has 21 heavy (non-hydrogen) atoms. The number of benzene rings is 2. The minimum absolute atomic E-state index is 0.434. The number of rotatable bonds is 4. The zero-order valence-electron chi connectivity index (χ0n) is 11.3. The largest absolute Gasteiger partial charge is 0.494 e. The molecule has 0 heterocycles. The molecule has 2 rings (SSSR count). The van der Waals surface area contributed by atoms with E-state index in [-0.39, 0.29) is 0 Å². The van der Waals surface area contributed by atoms with Crippen LogP contribution in [-0.4, -0.2) is 11.7 Å². The molecule has 0 atom stereocenters. The van der Waals surface area contributed by atoms with Crippen molar-refractivity contribution >= 4 is 51.9 Å². The average molecular weight is 341 g/mol. The lowest BCUT2D eigenvalue weighted by Crippen LogP contribution is -2.19. The van der Waals surface area contributed by atoms with Crippen molar-refractivity contribution in [3.05, 3.63) is 52.5 Å². The number of ether oxygens (including phenoxy) is 1. The first-order valence-corrected chi connectivity index (χ1v) is 7.51. The molecule has 2 N–H and O–H groups in total. The van der Waals surface area contributed by atoms with Crippen molar-refractivity contribution in [1.29, 1.82) is 0 Å². The summed E-state index contributed by atoms with van der Waals surface area (Å²) >= 11 is 17.3. The highest BCUT2D eigenvalue weighted by molar-refractivity contribution is 7.80. The molecule has 2 aromatic carbocycles. The molecule has 0 bridgehead atoms. The van der Waals surface area contributed by atoms with Crippen molar-refractivity contribution in [1.82, 2.24) is 0 Å². The first-order chi connectivity index (χ1) is 10.1. The molecular formula is C15H14Cl2N2OS. The Morgan fingerprint density at radius 1 is 1.10 bits per heavy atom. The average Bonchev–Trinajstić information content (AvgIpc) is 2.45. The van der Waals surface area contributed by atoms with Gasteiger partial charge in [-0.2, -0.15) is 0 Å². The van der Waals surface area contributed by atoms with Crippen molar-refractivity contribution in [3.8, 4) is 5.75 Å². The molecule has 0 spiro atoms. The highest BCUT2D eigenvalue weighted by Gasteiger charge is 2.04.